The summed E-state index contributed by atoms with van der Waals surface area (Å²) in [4.78, 5) is 29.2. The van der Waals surface area contributed by atoms with Gasteiger partial charge in [0.05, 0.1) is 12.5 Å². The molecule has 0 spiro atoms. The van der Waals surface area contributed by atoms with Crippen molar-refractivity contribution in [2.24, 2.45) is 0 Å². The van der Waals surface area contributed by atoms with Gasteiger partial charge in [-0.3, -0.25) is 14.5 Å². The summed E-state index contributed by atoms with van der Waals surface area (Å²) >= 11 is 0. The second-order valence-corrected chi connectivity index (χ2v) is 8.36. The number of likely N-dealkylation sites (N-methyl/N-ethyl adjacent to an activating group) is 1. The molecule has 5 heteroatoms. The van der Waals surface area contributed by atoms with E-state index in [4.69, 9.17) is 0 Å². The van der Waals surface area contributed by atoms with E-state index >= 15 is 0 Å². The van der Waals surface area contributed by atoms with Gasteiger partial charge in [0.15, 0.2) is 0 Å². The molecule has 1 aliphatic carbocycles. The molecule has 1 aromatic carbocycles. The topological polar surface area (TPSA) is 52.7 Å². The molecule has 1 N–H and O–H groups in total. The molecule has 0 radical (unpaired) electrons. The molecule has 1 aromatic rings. The van der Waals surface area contributed by atoms with E-state index in [0.717, 1.165) is 57.3 Å². The fraction of sp³-hybridized carbons (Fsp3) is 0.565. The van der Waals surface area contributed by atoms with Crippen molar-refractivity contribution in [1.29, 1.82) is 0 Å². The lowest BCUT2D eigenvalue weighted by molar-refractivity contribution is -0.127. The van der Waals surface area contributed by atoms with Crippen LogP contribution in [0.4, 0.5) is 0 Å². The first-order valence-corrected chi connectivity index (χ1v) is 10.7. The summed E-state index contributed by atoms with van der Waals surface area (Å²) in [6, 6.07) is 8.90. The Morgan fingerprint density at radius 2 is 2.00 bits per heavy atom. The van der Waals surface area contributed by atoms with Gasteiger partial charge < -0.3 is 10.2 Å². The van der Waals surface area contributed by atoms with E-state index in [0.29, 0.717) is 6.54 Å². The lowest BCUT2D eigenvalue weighted by atomic mass is 9.88. The average molecular weight is 382 g/mol. The second-order valence-electron chi connectivity index (χ2n) is 8.36. The molecule has 3 aliphatic rings. The third-order valence-corrected chi connectivity index (χ3v) is 6.53. The molecule has 2 aliphatic heterocycles. The van der Waals surface area contributed by atoms with Crippen LogP contribution in [0, 0.1) is 0 Å². The Hall–Kier alpha value is -2.14. The van der Waals surface area contributed by atoms with Crippen molar-refractivity contribution >= 4 is 11.8 Å². The van der Waals surface area contributed by atoms with Crippen molar-refractivity contribution in [3.05, 3.63) is 46.5 Å². The summed E-state index contributed by atoms with van der Waals surface area (Å²) in [5.41, 5.74) is 4.88. The molecule has 1 fully saturated rings. The maximum atomic E-state index is 12.5. The Labute approximate surface area is 167 Å². The van der Waals surface area contributed by atoms with Gasteiger partial charge in [0.1, 0.15) is 0 Å². The van der Waals surface area contributed by atoms with E-state index < -0.39 is 0 Å². The number of nitrogens with one attached hydrogen (secondary N) is 1. The monoisotopic (exact) mass is 381 g/mol. The number of fused-ring (bicyclic) bond motifs is 2. The molecule has 2 heterocycles. The van der Waals surface area contributed by atoms with Crippen molar-refractivity contribution in [2.45, 2.75) is 57.5 Å². The lowest BCUT2D eigenvalue weighted by Gasteiger charge is -2.28. The van der Waals surface area contributed by atoms with Gasteiger partial charge in [0.2, 0.25) is 5.91 Å². The number of rotatable bonds is 6. The average Bonchev–Trinajstić information content (AvgIpc) is 2.96. The summed E-state index contributed by atoms with van der Waals surface area (Å²) in [6.07, 6.45) is 6.61. The molecule has 1 unspecified atom stereocenters. The highest BCUT2D eigenvalue weighted by Gasteiger charge is 2.38. The first-order valence-electron chi connectivity index (χ1n) is 10.7. The van der Waals surface area contributed by atoms with Crippen LogP contribution in [0.25, 0.3) is 0 Å². The fourth-order valence-corrected chi connectivity index (χ4v) is 4.95. The summed E-state index contributed by atoms with van der Waals surface area (Å²) in [5, 5.41) is 3.03. The zero-order valence-corrected chi connectivity index (χ0v) is 16.9. The summed E-state index contributed by atoms with van der Waals surface area (Å²) in [6.45, 7) is 3.76. The third kappa shape index (κ3) is 4.00. The minimum Gasteiger partial charge on any atom is -0.356 e. The van der Waals surface area contributed by atoms with Gasteiger partial charge in [-0.05, 0) is 48.8 Å². The molecule has 1 atom stereocenters. The number of hydrogen-bond acceptors (Lipinski definition) is 3. The highest BCUT2D eigenvalue weighted by Crippen LogP contribution is 2.36. The maximum absolute atomic E-state index is 12.5. The summed E-state index contributed by atoms with van der Waals surface area (Å²) < 4.78 is 0. The number of amides is 2. The smallest absolute Gasteiger partial charge is 0.250 e. The standard InChI is InChI=1S/C23H31N3O2/c1-25-21-10-5-4-9-19(21)20(23(25)28)15-22(27)24-12-6-13-26-14-11-17-7-2-3-8-18(17)16-26/h2-3,7-8,21H,4-6,9-16H2,1H3,(H,24,27). The summed E-state index contributed by atoms with van der Waals surface area (Å²) in [7, 11) is 1.87. The Balaban J connectivity index is 1.22. The van der Waals surface area contributed by atoms with Crippen LogP contribution in [0.3, 0.4) is 0 Å². The molecule has 28 heavy (non-hydrogen) atoms. The van der Waals surface area contributed by atoms with Gasteiger partial charge in [0, 0.05) is 38.8 Å². The molecule has 0 bridgehead atoms. The zero-order valence-electron chi connectivity index (χ0n) is 16.9. The maximum Gasteiger partial charge on any atom is 0.250 e. The van der Waals surface area contributed by atoms with Crippen molar-refractivity contribution in [1.82, 2.24) is 15.1 Å². The molecule has 5 nitrogen and oxygen atoms in total. The van der Waals surface area contributed by atoms with Gasteiger partial charge in [-0.1, -0.05) is 30.7 Å². The quantitative estimate of drug-likeness (QED) is 0.771. The van der Waals surface area contributed by atoms with Gasteiger partial charge in [-0.15, -0.1) is 0 Å². The van der Waals surface area contributed by atoms with Crippen LogP contribution in [-0.2, 0) is 22.6 Å². The van der Waals surface area contributed by atoms with E-state index in [9.17, 15) is 9.59 Å². The molecule has 1 saturated carbocycles. The molecule has 2 amide bonds. The van der Waals surface area contributed by atoms with E-state index in [1.807, 2.05) is 11.9 Å². The largest absolute Gasteiger partial charge is 0.356 e. The van der Waals surface area contributed by atoms with Gasteiger partial charge in [-0.2, -0.15) is 0 Å². The molecular weight excluding hydrogens is 350 g/mol. The van der Waals surface area contributed by atoms with Crippen molar-refractivity contribution in [2.75, 3.05) is 26.7 Å². The van der Waals surface area contributed by atoms with Gasteiger partial charge >= 0.3 is 0 Å². The SMILES string of the molecule is CN1C(=O)C(CC(=O)NCCCN2CCc3ccccc3C2)=C2CCCCC21. The highest BCUT2D eigenvalue weighted by atomic mass is 16.2. The Kier molecular flexibility index (Phi) is 5.81. The van der Waals surface area contributed by atoms with Gasteiger partial charge in [0.25, 0.3) is 5.91 Å². The van der Waals surface area contributed by atoms with E-state index in [-0.39, 0.29) is 24.3 Å². The minimum absolute atomic E-state index is 0.0144. The summed E-state index contributed by atoms with van der Waals surface area (Å²) in [5.74, 6) is 0.0449. The first-order chi connectivity index (χ1) is 13.6. The number of hydrogen-bond donors (Lipinski definition) is 1. The Bertz CT molecular complexity index is 786. The highest BCUT2D eigenvalue weighted by molar-refractivity contribution is 6.02. The lowest BCUT2D eigenvalue weighted by Crippen LogP contribution is -2.34. The fourth-order valence-electron chi connectivity index (χ4n) is 4.95. The van der Waals surface area contributed by atoms with Crippen LogP contribution in [0.2, 0.25) is 0 Å². The van der Waals surface area contributed by atoms with Crippen LogP contribution < -0.4 is 5.32 Å². The van der Waals surface area contributed by atoms with E-state index in [1.54, 1.807) is 0 Å². The van der Waals surface area contributed by atoms with Crippen LogP contribution >= 0.6 is 0 Å². The molecule has 4 rings (SSSR count). The minimum atomic E-state index is -0.0144. The number of nitrogens with zero attached hydrogens (tertiary/aromatic N) is 2. The van der Waals surface area contributed by atoms with Crippen molar-refractivity contribution in [3.63, 3.8) is 0 Å². The van der Waals surface area contributed by atoms with Crippen LogP contribution in [0.1, 0.15) is 49.7 Å². The van der Waals surface area contributed by atoms with Crippen molar-refractivity contribution in [3.8, 4) is 0 Å². The third-order valence-electron chi connectivity index (χ3n) is 6.53. The zero-order chi connectivity index (χ0) is 19.5. The van der Waals surface area contributed by atoms with Crippen LogP contribution in [-0.4, -0.2) is 54.3 Å². The number of carbonyl (C=O) groups excluding carboxylic acids is 2. The van der Waals surface area contributed by atoms with E-state index in [2.05, 4.69) is 34.5 Å². The Morgan fingerprint density at radius 3 is 2.86 bits per heavy atom. The van der Waals surface area contributed by atoms with Crippen LogP contribution in [0.15, 0.2) is 35.4 Å². The molecule has 150 valence electrons. The van der Waals surface area contributed by atoms with Gasteiger partial charge in [-0.25, -0.2) is 0 Å². The second kappa shape index (κ2) is 8.48. The Morgan fingerprint density at radius 1 is 1.18 bits per heavy atom. The normalized spacial score (nSPS) is 22.2. The molecule has 0 aromatic heterocycles. The predicted octanol–water partition coefficient (Wildman–Crippen LogP) is 2.65. The van der Waals surface area contributed by atoms with Crippen molar-refractivity contribution < 1.29 is 9.59 Å². The predicted molar refractivity (Wildman–Crippen MR) is 110 cm³/mol. The van der Waals surface area contributed by atoms with Crippen LogP contribution in [0.5, 0.6) is 0 Å². The number of benzene rings is 1. The number of carbonyl (C=O) groups is 2. The first kappa shape index (κ1) is 19.2. The molecule has 0 saturated heterocycles. The molecular formula is C23H31N3O2. The van der Waals surface area contributed by atoms with E-state index in [1.165, 1.54) is 23.1 Å².